The number of anilines is 1. The van der Waals surface area contributed by atoms with Crippen LogP contribution in [0.2, 0.25) is 5.15 Å². The molecular weight excluding hydrogens is 288 g/mol. The van der Waals surface area contributed by atoms with Crippen LogP contribution in [0, 0.1) is 11.3 Å². The third-order valence-corrected chi connectivity index (χ3v) is 3.12. The predicted octanol–water partition coefficient (Wildman–Crippen LogP) is 2.44. The highest BCUT2D eigenvalue weighted by molar-refractivity contribution is 6.29. The number of nitrogens with two attached hydrogens (primary N) is 1. The van der Waals surface area contributed by atoms with Gasteiger partial charge in [0, 0.05) is 5.56 Å². The number of hydrogen-bond donors (Lipinski definition) is 1. The molecule has 0 saturated carbocycles. The molecule has 0 unspecified atom stereocenters. The number of benzene rings is 1. The summed E-state index contributed by atoms with van der Waals surface area (Å²) in [6.45, 7) is 0. The molecule has 21 heavy (non-hydrogen) atoms. The van der Waals surface area contributed by atoms with E-state index < -0.39 is 0 Å². The van der Waals surface area contributed by atoms with Gasteiger partial charge in [0.2, 0.25) is 0 Å². The standard InChI is InChI=1S/C14H9ClN6/c15-11-6-7-12(19-18-11)21-14(17)10(8-16)13(20-21)9-4-2-1-3-5-9/h1-7H,17H2. The van der Waals surface area contributed by atoms with Gasteiger partial charge in [-0.05, 0) is 12.1 Å². The van der Waals surface area contributed by atoms with E-state index in [1.165, 1.54) is 4.68 Å². The first-order valence-electron chi connectivity index (χ1n) is 6.04. The third-order valence-electron chi connectivity index (χ3n) is 2.92. The van der Waals surface area contributed by atoms with E-state index in [0.717, 1.165) is 5.56 Å². The van der Waals surface area contributed by atoms with Crippen molar-refractivity contribution in [3.05, 3.63) is 53.2 Å². The first-order valence-corrected chi connectivity index (χ1v) is 6.42. The average molecular weight is 297 g/mol. The van der Waals surface area contributed by atoms with Crippen molar-refractivity contribution in [2.24, 2.45) is 0 Å². The first kappa shape index (κ1) is 13.1. The molecular formula is C14H9ClN6. The zero-order valence-electron chi connectivity index (χ0n) is 10.7. The number of rotatable bonds is 2. The second-order valence-electron chi connectivity index (χ2n) is 4.21. The lowest BCUT2D eigenvalue weighted by atomic mass is 10.1. The van der Waals surface area contributed by atoms with Crippen molar-refractivity contribution in [2.75, 3.05) is 5.73 Å². The van der Waals surface area contributed by atoms with Crippen molar-refractivity contribution in [1.82, 2.24) is 20.0 Å². The third kappa shape index (κ3) is 2.30. The molecule has 1 aromatic carbocycles. The SMILES string of the molecule is N#Cc1c(-c2ccccc2)nn(-c2ccc(Cl)nn2)c1N. The Morgan fingerprint density at radius 3 is 2.48 bits per heavy atom. The molecule has 7 heteroatoms. The van der Waals surface area contributed by atoms with Crippen LogP contribution >= 0.6 is 11.6 Å². The number of nitrogen functional groups attached to an aromatic ring is 1. The van der Waals surface area contributed by atoms with Gasteiger partial charge in [0.15, 0.2) is 11.0 Å². The van der Waals surface area contributed by atoms with Crippen LogP contribution in [-0.2, 0) is 0 Å². The first-order chi connectivity index (χ1) is 10.2. The second-order valence-corrected chi connectivity index (χ2v) is 4.60. The number of hydrogen-bond acceptors (Lipinski definition) is 5. The molecule has 0 amide bonds. The normalized spacial score (nSPS) is 10.3. The van der Waals surface area contributed by atoms with Gasteiger partial charge in [-0.1, -0.05) is 41.9 Å². The maximum atomic E-state index is 9.32. The fourth-order valence-corrected chi connectivity index (χ4v) is 2.04. The van der Waals surface area contributed by atoms with E-state index in [0.29, 0.717) is 17.1 Å². The maximum absolute atomic E-state index is 9.32. The van der Waals surface area contributed by atoms with E-state index in [2.05, 4.69) is 21.4 Å². The van der Waals surface area contributed by atoms with Gasteiger partial charge < -0.3 is 5.73 Å². The van der Waals surface area contributed by atoms with Crippen LogP contribution in [0.3, 0.4) is 0 Å². The summed E-state index contributed by atoms with van der Waals surface area (Å²) in [5, 5.41) is 21.6. The summed E-state index contributed by atoms with van der Waals surface area (Å²) in [5.74, 6) is 0.614. The summed E-state index contributed by atoms with van der Waals surface area (Å²) in [7, 11) is 0. The molecule has 0 aliphatic carbocycles. The summed E-state index contributed by atoms with van der Waals surface area (Å²) >= 11 is 5.71. The minimum atomic E-state index is 0.216. The second kappa shape index (κ2) is 5.23. The summed E-state index contributed by atoms with van der Waals surface area (Å²) in [5.41, 5.74) is 7.62. The number of nitrogens with zero attached hydrogens (tertiary/aromatic N) is 5. The number of aromatic nitrogens is 4. The van der Waals surface area contributed by atoms with Crippen LogP contribution in [0.5, 0.6) is 0 Å². The smallest absolute Gasteiger partial charge is 0.178 e. The van der Waals surface area contributed by atoms with E-state index in [9.17, 15) is 5.26 Å². The lowest BCUT2D eigenvalue weighted by Gasteiger charge is -2.01. The van der Waals surface area contributed by atoms with Crippen LogP contribution in [0.4, 0.5) is 5.82 Å². The molecule has 0 fully saturated rings. The monoisotopic (exact) mass is 296 g/mol. The fraction of sp³-hybridized carbons (Fsp3) is 0. The highest BCUT2D eigenvalue weighted by Gasteiger charge is 2.18. The Kier molecular flexibility index (Phi) is 3.26. The minimum Gasteiger partial charge on any atom is -0.382 e. The number of halogens is 1. The van der Waals surface area contributed by atoms with Gasteiger partial charge in [-0.15, -0.1) is 10.2 Å². The Morgan fingerprint density at radius 2 is 1.86 bits per heavy atom. The molecule has 6 nitrogen and oxygen atoms in total. The Morgan fingerprint density at radius 1 is 1.10 bits per heavy atom. The average Bonchev–Trinajstić information content (AvgIpc) is 2.86. The Labute approximate surface area is 125 Å². The van der Waals surface area contributed by atoms with E-state index >= 15 is 0 Å². The van der Waals surface area contributed by atoms with E-state index in [1.54, 1.807) is 12.1 Å². The van der Waals surface area contributed by atoms with Crippen molar-refractivity contribution in [3.8, 4) is 23.1 Å². The summed E-state index contributed by atoms with van der Waals surface area (Å²) in [4.78, 5) is 0. The molecule has 0 atom stereocenters. The van der Waals surface area contributed by atoms with Crippen molar-refractivity contribution >= 4 is 17.4 Å². The topological polar surface area (TPSA) is 93.4 Å². The quantitative estimate of drug-likeness (QED) is 0.784. The van der Waals surface area contributed by atoms with Gasteiger partial charge >= 0.3 is 0 Å². The Hall–Kier alpha value is -2.91. The molecule has 0 bridgehead atoms. The maximum Gasteiger partial charge on any atom is 0.178 e. The molecule has 2 N–H and O–H groups in total. The van der Waals surface area contributed by atoms with Gasteiger partial charge in [0.1, 0.15) is 23.1 Å². The lowest BCUT2D eigenvalue weighted by Crippen LogP contribution is -2.05. The molecule has 0 spiro atoms. The predicted molar refractivity (Wildman–Crippen MR) is 78.7 cm³/mol. The number of nitriles is 1. The van der Waals surface area contributed by atoms with Crippen molar-refractivity contribution in [3.63, 3.8) is 0 Å². The minimum absolute atomic E-state index is 0.216. The molecule has 3 rings (SSSR count). The summed E-state index contributed by atoms with van der Waals surface area (Å²) < 4.78 is 1.38. The highest BCUT2D eigenvalue weighted by Crippen LogP contribution is 2.27. The van der Waals surface area contributed by atoms with Crippen LogP contribution in [0.1, 0.15) is 5.56 Å². The Balaban J connectivity index is 2.19. The Bertz CT molecular complexity index is 817. The van der Waals surface area contributed by atoms with Gasteiger partial charge in [0.25, 0.3) is 0 Å². The molecule has 2 heterocycles. The van der Waals surface area contributed by atoms with Crippen molar-refractivity contribution < 1.29 is 0 Å². The molecule has 2 aromatic heterocycles. The highest BCUT2D eigenvalue weighted by atomic mass is 35.5. The van der Waals surface area contributed by atoms with Gasteiger partial charge in [-0.3, -0.25) is 0 Å². The summed E-state index contributed by atoms with van der Waals surface area (Å²) in [6, 6.07) is 14.6. The zero-order chi connectivity index (χ0) is 14.8. The largest absolute Gasteiger partial charge is 0.382 e. The van der Waals surface area contributed by atoms with Gasteiger partial charge in [-0.25, -0.2) is 0 Å². The van der Waals surface area contributed by atoms with Crippen LogP contribution < -0.4 is 5.73 Å². The van der Waals surface area contributed by atoms with E-state index in [1.807, 2.05) is 30.3 Å². The van der Waals surface area contributed by atoms with E-state index in [4.69, 9.17) is 17.3 Å². The molecule has 0 aliphatic heterocycles. The molecule has 0 saturated heterocycles. The van der Waals surface area contributed by atoms with Crippen molar-refractivity contribution in [1.29, 1.82) is 5.26 Å². The van der Waals surface area contributed by atoms with Gasteiger partial charge in [-0.2, -0.15) is 15.0 Å². The lowest BCUT2D eigenvalue weighted by molar-refractivity contribution is 0.825. The molecule has 0 aliphatic rings. The molecule has 3 aromatic rings. The van der Waals surface area contributed by atoms with Crippen LogP contribution in [0.25, 0.3) is 17.1 Å². The van der Waals surface area contributed by atoms with Gasteiger partial charge in [0.05, 0.1) is 0 Å². The zero-order valence-corrected chi connectivity index (χ0v) is 11.5. The fourth-order valence-electron chi connectivity index (χ4n) is 1.94. The molecule has 102 valence electrons. The van der Waals surface area contributed by atoms with Crippen LogP contribution in [0.15, 0.2) is 42.5 Å². The van der Waals surface area contributed by atoms with E-state index in [-0.39, 0.29) is 11.0 Å². The van der Waals surface area contributed by atoms with Crippen LogP contribution in [-0.4, -0.2) is 20.0 Å². The molecule has 0 radical (unpaired) electrons. The summed E-state index contributed by atoms with van der Waals surface area (Å²) in [6.07, 6.45) is 0. The van der Waals surface area contributed by atoms with Crippen molar-refractivity contribution in [2.45, 2.75) is 0 Å².